The van der Waals surface area contributed by atoms with Gasteiger partial charge in [-0.3, -0.25) is 14.9 Å². The molecule has 0 aliphatic rings. The SMILES string of the molecule is CCc1cccc2c(C=O)cn(Cc3ccccc3[N+](=O)[O-])c12. The molecule has 116 valence electrons. The monoisotopic (exact) mass is 308 g/mol. The third kappa shape index (κ3) is 2.61. The number of nitrogens with zero attached hydrogens (tertiary/aromatic N) is 2. The number of carbonyl (C=O) groups excluding carboxylic acids is 1. The zero-order chi connectivity index (χ0) is 16.4. The minimum atomic E-state index is -0.373. The lowest BCUT2D eigenvalue weighted by Gasteiger charge is -2.09. The maximum absolute atomic E-state index is 11.3. The molecule has 0 unspecified atom stereocenters. The molecule has 5 nitrogen and oxygen atoms in total. The summed E-state index contributed by atoms with van der Waals surface area (Å²) in [4.78, 5) is 22.2. The van der Waals surface area contributed by atoms with Gasteiger partial charge in [0.15, 0.2) is 6.29 Å². The Labute approximate surface area is 133 Å². The van der Waals surface area contributed by atoms with Gasteiger partial charge in [0.2, 0.25) is 0 Å². The average Bonchev–Trinajstić information content (AvgIpc) is 2.93. The lowest BCUT2D eigenvalue weighted by molar-refractivity contribution is -0.385. The van der Waals surface area contributed by atoms with Crippen LogP contribution in [0.4, 0.5) is 5.69 Å². The molecule has 0 atom stereocenters. The predicted octanol–water partition coefficient (Wildman–Crippen LogP) is 3.97. The molecule has 0 aliphatic carbocycles. The Morgan fingerprint density at radius 2 is 1.87 bits per heavy atom. The number of hydrogen-bond acceptors (Lipinski definition) is 3. The van der Waals surface area contributed by atoms with Crippen LogP contribution in [-0.2, 0) is 13.0 Å². The van der Waals surface area contributed by atoms with Crippen molar-refractivity contribution in [3.05, 3.63) is 75.5 Å². The van der Waals surface area contributed by atoms with E-state index in [1.807, 2.05) is 22.8 Å². The minimum Gasteiger partial charge on any atom is -0.342 e. The molecule has 0 amide bonds. The largest absolute Gasteiger partial charge is 0.342 e. The topological polar surface area (TPSA) is 65.1 Å². The highest BCUT2D eigenvalue weighted by molar-refractivity contribution is 5.99. The summed E-state index contributed by atoms with van der Waals surface area (Å²) in [6, 6.07) is 12.6. The van der Waals surface area contributed by atoms with Crippen molar-refractivity contribution in [3.8, 4) is 0 Å². The summed E-state index contributed by atoms with van der Waals surface area (Å²) in [6.45, 7) is 2.41. The molecular formula is C18H16N2O3. The van der Waals surface area contributed by atoms with Gasteiger partial charge in [-0.2, -0.15) is 0 Å². The normalized spacial score (nSPS) is 10.8. The molecule has 23 heavy (non-hydrogen) atoms. The molecule has 0 saturated heterocycles. The van der Waals surface area contributed by atoms with Crippen molar-refractivity contribution < 1.29 is 9.72 Å². The second-order valence-electron chi connectivity index (χ2n) is 5.38. The summed E-state index contributed by atoms with van der Waals surface area (Å²) in [5, 5.41) is 12.1. The van der Waals surface area contributed by atoms with Crippen LogP contribution in [-0.4, -0.2) is 15.8 Å². The van der Waals surface area contributed by atoms with Crippen molar-refractivity contribution in [2.45, 2.75) is 19.9 Å². The maximum Gasteiger partial charge on any atom is 0.274 e. The number of nitro benzene ring substituents is 1. The van der Waals surface area contributed by atoms with Crippen LogP contribution >= 0.6 is 0 Å². The molecule has 0 N–H and O–H groups in total. The summed E-state index contributed by atoms with van der Waals surface area (Å²) in [7, 11) is 0. The van der Waals surface area contributed by atoms with Gasteiger partial charge in [0.05, 0.1) is 17.0 Å². The lowest BCUT2D eigenvalue weighted by Crippen LogP contribution is -2.03. The highest BCUT2D eigenvalue weighted by Gasteiger charge is 2.16. The van der Waals surface area contributed by atoms with Gasteiger partial charge >= 0.3 is 0 Å². The molecule has 0 saturated carbocycles. The van der Waals surface area contributed by atoms with Gasteiger partial charge in [-0.1, -0.05) is 43.3 Å². The number of nitro groups is 1. The first-order valence-corrected chi connectivity index (χ1v) is 7.44. The summed E-state index contributed by atoms with van der Waals surface area (Å²) in [5.41, 5.74) is 3.41. The van der Waals surface area contributed by atoms with E-state index in [-0.39, 0.29) is 10.6 Å². The molecule has 3 aromatic rings. The van der Waals surface area contributed by atoms with Crippen molar-refractivity contribution in [2.24, 2.45) is 0 Å². The molecule has 0 spiro atoms. The number of aryl methyl sites for hydroxylation is 1. The van der Waals surface area contributed by atoms with Crippen LogP contribution < -0.4 is 0 Å². The summed E-state index contributed by atoms with van der Waals surface area (Å²) < 4.78 is 1.93. The van der Waals surface area contributed by atoms with Gasteiger partial charge in [-0.15, -0.1) is 0 Å². The van der Waals surface area contributed by atoms with Gasteiger partial charge < -0.3 is 4.57 Å². The molecule has 5 heteroatoms. The highest BCUT2D eigenvalue weighted by atomic mass is 16.6. The Morgan fingerprint density at radius 3 is 2.57 bits per heavy atom. The quantitative estimate of drug-likeness (QED) is 0.407. The zero-order valence-corrected chi connectivity index (χ0v) is 12.7. The Morgan fingerprint density at radius 1 is 1.13 bits per heavy atom. The van der Waals surface area contributed by atoms with Crippen molar-refractivity contribution in [1.82, 2.24) is 4.57 Å². The Bertz CT molecular complexity index is 896. The number of aromatic nitrogens is 1. The second-order valence-corrected chi connectivity index (χ2v) is 5.38. The molecule has 0 radical (unpaired) electrons. The van der Waals surface area contributed by atoms with Crippen LogP contribution in [0.3, 0.4) is 0 Å². The molecule has 0 fully saturated rings. The predicted molar refractivity (Wildman–Crippen MR) is 88.9 cm³/mol. The lowest BCUT2D eigenvalue weighted by atomic mass is 10.1. The smallest absolute Gasteiger partial charge is 0.274 e. The second kappa shape index (κ2) is 6.04. The molecule has 2 aromatic carbocycles. The fourth-order valence-electron chi connectivity index (χ4n) is 2.98. The number of fused-ring (bicyclic) bond motifs is 1. The van der Waals surface area contributed by atoms with E-state index in [4.69, 9.17) is 0 Å². The third-order valence-corrected chi connectivity index (χ3v) is 4.05. The number of carbonyl (C=O) groups is 1. The molecular weight excluding hydrogens is 292 g/mol. The van der Waals surface area contributed by atoms with E-state index in [2.05, 4.69) is 6.92 Å². The number of aldehydes is 1. The van der Waals surface area contributed by atoms with E-state index in [0.717, 1.165) is 29.2 Å². The molecule has 1 heterocycles. The maximum atomic E-state index is 11.3. The third-order valence-electron chi connectivity index (χ3n) is 4.05. The Kier molecular flexibility index (Phi) is 3.93. The average molecular weight is 308 g/mol. The molecule has 0 bridgehead atoms. The first-order valence-electron chi connectivity index (χ1n) is 7.44. The van der Waals surface area contributed by atoms with Crippen molar-refractivity contribution >= 4 is 22.9 Å². The van der Waals surface area contributed by atoms with Crippen molar-refractivity contribution in [2.75, 3.05) is 0 Å². The Hall–Kier alpha value is -2.95. The number of benzene rings is 2. The summed E-state index contributed by atoms with van der Waals surface area (Å²) in [6.07, 6.45) is 3.43. The van der Waals surface area contributed by atoms with Gasteiger partial charge in [0, 0.05) is 28.8 Å². The summed E-state index contributed by atoms with van der Waals surface area (Å²) >= 11 is 0. The van der Waals surface area contributed by atoms with Crippen LogP contribution in [0.1, 0.15) is 28.4 Å². The molecule has 3 rings (SSSR count). The van der Waals surface area contributed by atoms with Gasteiger partial charge in [-0.25, -0.2) is 0 Å². The van der Waals surface area contributed by atoms with E-state index in [9.17, 15) is 14.9 Å². The van der Waals surface area contributed by atoms with Crippen LogP contribution in [0.5, 0.6) is 0 Å². The standard InChI is InChI=1S/C18H16N2O3/c1-2-13-7-5-8-16-15(12-21)11-19(18(13)16)10-14-6-3-4-9-17(14)20(22)23/h3-9,11-12H,2,10H2,1H3. The van der Waals surface area contributed by atoms with Crippen LogP contribution in [0.15, 0.2) is 48.7 Å². The molecule has 0 aliphatic heterocycles. The number of hydrogen-bond donors (Lipinski definition) is 0. The first-order chi connectivity index (χ1) is 11.2. The van der Waals surface area contributed by atoms with Gasteiger partial charge in [0.25, 0.3) is 5.69 Å². The molecule has 1 aromatic heterocycles. The first kappa shape index (κ1) is 15.0. The van der Waals surface area contributed by atoms with Crippen molar-refractivity contribution in [3.63, 3.8) is 0 Å². The van der Waals surface area contributed by atoms with Crippen LogP contribution in [0, 0.1) is 10.1 Å². The van der Waals surface area contributed by atoms with Gasteiger partial charge in [-0.05, 0) is 12.0 Å². The van der Waals surface area contributed by atoms with E-state index >= 15 is 0 Å². The van der Waals surface area contributed by atoms with Crippen LogP contribution in [0.25, 0.3) is 10.9 Å². The number of rotatable bonds is 5. The van der Waals surface area contributed by atoms with E-state index in [1.165, 1.54) is 6.07 Å². The van der Waals surface area contributed by atoms with E-state index < -0.39 is 0 Å². The number of para-hydroxylation sites is 2. The summed E-state index contributed by atoms with van der Waals surface area (Å²) in [5.74, 6) is 0. The zero-order valence-electron chi connectivity index (χ0n) is 12.7. The fraction of sp³-hybridized carbons (Fsp3) is 0.167. The van der Waals surface area contributed by atoms with Crippen LogP contribution in [0.2, 0.25) is 0 Å². The van der Waals surface area contributed by atoms with E-state index in [1.54, 1.807) is 24.4 Å². The van der Waals surface area contributed by atoms with Gasteiger partial charge in [0.1, 0.15) is 0 Å². The fourth-order valence-corrected chi connectivity index (χ4v) is 2.98. The Balaban J connectivity index is 2.18. The van der Waals surface area contributed by atoms with Crippen molar-refractivity contribution in [1.29, 1.82) is 0 Å². The van der Waals surface area contributed by atoms with E-state index in [0.29, 0.717) is 17.7 Å². The minimum absolute atomic E-state index is 0.0935. The highest BCUT2D eigenvalue weighted by Crippen LogP contribution is 2.27.